The molecular weight excluding hydrogens is 272 g/mol. The van der Waals surface area contributed by atoms with Crippen LogP contribution in [0.5, 0.6) is 0 Å². The highest BCUT2D eigenvalue weighted by atomic mass is 79.9. The molecule has 0 aliphatic rings. The fourth-order valence-corrected chi connectivity index (χ4v) is 1.49. The lowest BCUT2D eigenvalue weighted by Crippen LogP contribution is -2.14. The third-order valence-corrected chi connectivity index (χ3v) is 2.62. The maximum atomic E-state index is 11.1. The first kappa shape index (κ1) is 13.2. The largest absolute Gasteiger partial charge is 0.464 e. The fraction of sp³-hybridized carbons (Fsp3) is 0.417. The number of hydrogen-bond donors (Lipinski definition) is 0. The Morgan fingerprint density at radius 3 is 2.56 bits per heavy atom. The monoisotopic (exact) mass is 286 g/mol. The summed E-state index contributed by atoms with van der Waals surface area (Å²) in [5.74, 6) is -0.327. The Kier molecular flexibility index (Phi) is 5.49. The molecule has 0 fully saturated rings. The van der Waals surface area contributed by atoms with Gasteiger partial charge in [0.25, 0.3) is 0 Å². The Labute approximate surface area is 104 Å². The van der Waals surface area contributed by atoms with Crippen LogP contribution in [0.3, 0.4) is 0 Å². The molecule has 0 aromatic heterocycles. The molecule has 0 spiro atoms. The van der Waals surface area contributed by atoms with Gasteiger partial charge in [-0.25, -0.2) is 4.79 Å². The summed E-state index contributed by atoms with van der Waals surface area (Å²) in [7, 11) is 0. The predicted molar refractivity (Wildman–Crippen MR) is 65.1 cm³/mol. The van der Waals surface area contributed by atoms with Crippen LogP contribution in [0.1, 0.15) is 25.5 Å². The predicted octanol–water partition coefficient (Wildman–Crippen LogP) is 3.09. The number of halogens is 1. The quantitative estimate of drug-likeness (QED) is 0.781. The molecule has 1 aromatic carbocycles. The number of rotatable bonds is 5. The van der Waals surface area contributed by atoms with Gasteiger partial charge in [0.1, 0.15) is 6.61 Å². The lowest BCUT2D eigenvalue weighted by Gasteiger charge is -2.12. The minimum atomic E-state index is -0.327. The molecular formula is C12H15BrO3. The molecule has 0 saturated carbocycles. The van der Waals surface area contributed by atoms with Gasteiger partial charge in [0.05, 0.1) is 12.7 Å². The number of carbonyl (C=O) groups excluding carboxylic acids is 1. The van der Waals surface area contributed by atoms with E-state index in [4.69, 9.17) is 9.47 Å². The van der Waals surface area contributed by atoms with Gasteiger partial charge >= 0.3 is 5.97 Å². The van der Waals surface area contributed by atoms with Crippen molar-refractivity contribution >= 4 is 21.9 Å². The van der Waals surface area contributed by atoms with Crippen LogP contribution < -0.4 is 0 Å². The van der Waals surface area contributed by atoms with Crippen LogP contribution in [0.2, 0.25) is 0 Å². The standard InChI is InChI=1S/C12H15BrO3/c1-3-15-12(14)8-16-9(2)10-4-6-11(13)7-5-10/h4-7,9H,3,8H2,1-2H3. The van der Waals surface area contributed by atoms with Crippen molar-refractivity contribution in [2.24, 2.45) is 0 Å². The summed E-state index contributed by atoms with van der Waals surface area (Å²) in [5, 5.41) is 0. The van der Waals surface area contributed by atoms with Gasteiger partial charge in [0.15, 0.2) is 0 Å². The first-order valence-electron chi connectivity index (χ1n) is 5.16. The van der Waals surface area contributed by atoms with Gasteiger partial charge in [-0.2, -0.15) is 0 Å². The van der Waals surface area contributed by atoms with Crippen LogP contribution in [0.15, 0.2) is 28.7 Å². The van der Waals surface area contributed by atoms with Gasteiger partial charge in [-0.15, -0.1) is 0 Å². The van der Waals surface area contributed by atoms with Gasteiger partial charge in [0, 0.05) is 4.47 Å². The smallest absolute Gasteiger partial charge is 0.332 e. The zero-order chi connectivity index (χ0) is 12.0. The lowest BCUT2D eigenvalue weighted by molar-refractivity contribution is -0.150. The molecule has 88 valence electrons. The van der Waals surface area contributed by atoms with E-state index in [0.717, 1.165) is 10.0 Å². The van der Waals surface area contributed by atoms with Crippen LogP contribution in [-0.4, -0.2) is 19.2 Å². The molecule has 1 aromatic rings. The fourth-order valence-electron chi connectivity index (χ4n) is 1.23. The Morgan fingerprint density at radius 2 is 2.00 bits per heavy atom. The SMILES string of the molecule is CCOC(=O)COC(C)c1ccc(Br)cc1. The van der Waals surface area contributed by atoms with Crippen LogP contribution in [0, 0.1) is 0 Å². The third kappa shape index (κ3) is 4.33. The molecule has 0 aliphatic carbocycles. The third-order valence-electron chi connectivity index (χ3n) is 2.10. The maximum absolute atomic E-state index is 11.1. The molecule has 1 atom stereocenters. The van der Waals surface area contributed by atoms with Crippen LogP contribution in [0.25, 0.3) is 0 Å². The first-order chi connectivity index (χ1) is 7.63. The van der Waals surface area contributed by atoms with Gasteiger partial charge in [-0.3, -0.25) is 0 Å². The summed E-state index contributed by atoms with van der Waals surface area (Å²) in [6.07, 6.45) is -0.113. The molecule has 4 heteroatoms. The number of benzene rings is 1. The van der Waals surface area contributed by atoms with Crippen molar-refractivity contribution in [1.82, 2.24) is 0 Å². The average Bonchev–Trinajstić information content (AvgIpc) is 2.27. The summed E-state index contributed by atoms with van der Waals surface area (Å²) >= 11 is 3.36. The summed E-state index contributed by atoms with van der Waals surface area (Å²) in [4.78, 5) is 11.1. The molecule has 0 aliphatic heterocycles. The van der Waals surface area contributed by atoms with E-state index in [9.17, 15) is 4.79 Å². The van der Waals surface area contributed by atoms with Crippen molar-refractivity contribution < 1.29 is 14.3 Å². The van der Waals surface area contributed by atoms with Crippen molar-refractivity contribution in [1.29, 1.82) is 0 Å². The van der Waals surface area contributed by atoms with Crippen molar-refractivity contribution in [2.45, 2.75) is 20.0 Å². The molecule has 0 N–H and O–H groups in total. The second kappa shape index (κ2) is 6.66. The van der Waals surface area contributed by atoms with E-state index in [2.05, 4.69) is 15.9 Å². The van der Waals surface area contributed by atoms with Crippen LogP contribution >= 0.6 is 15.9 Å². The molecule has 0 bridgehead atoms. The van der Waals surface area contributed by atoms with Crippen molar-refractivity contribution in [3.8, 4) is 0 Å². The van der Waals surface area contributed by atoms with Crippen LogP contribution in [-0.2, 0) is 14.3 Å². The maximum Gasteiger partial charge on any atom is 0.332 e. The van der Waals surface area contributed by atoms with E-state index in [-0.39, 0.29) is 18.7 Å². The Hall–Kier alpha value is -0.870. The Balaban J connectivity index is 2.43. The van der Waals surface area contributed by atoms with E-state index < -0.39 is 0 Å². The molecule has 16 heavy (non-hydrogen) atoms. The van der Waals surface area contributed by atoms with Gasteiger partial charge < -0.3 is 9.47 Å². The van der Waals surface area contributed by atoms with Crippen molar-refractivity contribution in [3.63, 3.8) is 0 Å². The normalized spacial score (nSPS) is 12.2. The second-order valence-electron chi connectivity index (χ2n) is 3.31. The molecule has 0 amide bonds. The molecule has 3 nitrogen and oxygen atoms in total. The topological polar surface area (TPSA) is 35.5 Å². The second-order valence-corrected chi connectivity index (χ2v) is 4.23. The minimum absolute atomic E-state index is 0.00886. The first-order valence-corrected chi connectivity index (χ1v) is 5.95. The molecule has 1 unspecified atom stereocenters. The summed E-state index contributed by atoms with van der Waals surface area (Å²) in [5.41, 5.74) is 1.03. The molecule has 1 rings (SSSR count). The molecule has 0 radical (unpaired) electrons. The summed E-state index contributed by atoms with van der Waals surface area (Å²) in [6, 6.07) is 7.80. The summed E-state index contributed by atoms with van der Waals surface area (Å²) in [6.45, 7) is 4.05. The molecule has 0 saturated heterocycles. The van der Waals surface area contributed by atoms with E-state index in [1.165, 1.54) is 0 Å². The number of carbonyl (C=O) groups is 1. The van der Waals surface area contributed by atoms with Crippen LogP contribution in [0.4, 0.5) is 0 Å². The van der Waals surface area contributed by atoms with Gasteiger partial charge in [0.2, 0.25) is 0 Å². The lowest BCUT2D eigenvalue weighted by atomic mass is 10.1. The van der Waals surface area contributed by atoms with Crippen molar-refractivity contribution in [3.05, 3.63) is 34.3 Å². The molecule has 0 heterocycles. The zero-order valence-electron chi connectivity index (χ0n) is 9.40. The highest BCUT2D eigenvalue weighted by Gasteiger charge is 2.09. The zero-order valence-corrected chi connectivity index (χ0v) is 11.0. The highest BCUT2D eigenvalue weighted by molar-refractivity contribution is 9.10. The average molecular weight is 287 g/mol. The van der Waals surface area contributed by atoms with Gasteiger partial charge in [-0.1, -0.05) is 28.1 Å². The van der Waals surface area contributed by atoms with Gasteiger partial charge in [-0.05, 0) is 31.5 Å². The number of ether oxygens (including phenoxy) is 2. The van der Waals surface area contributed by atoms with E-state index in [0.29, 0.717) is 6.61 Å². The number of esters is 1. The Bertz CT molecular complexity index is 335. The van der Waals surface area contributed by atoms with Crippen molar-refractivity contribution in [2.75, 3.05) is 13.2 Å². The van der Waals surface area contributed by atoms with E-state index in [1.54, 1.807) is 6.92 Å². The summed E-state index contributed by atoms with van der Waals surface area (Å²) < 4.78 is 11.2. The van der Waals surface area contributed by atoms with E-state index >= 15 is 0 Å². The Morgan fingerprint density at radius 1 is 1.38 bits per heavy atom. The highest BCUT2D eigenvalue weighted by Crippen LogP contribution is 2.19. The number of hydrogen-bond acceptors (Lipinski definition) is 3. The van der Waals surface area contributed by atoms with E-state index in [1.807, 2.05) is 31.2 Å². The minimum Gasteiger partial charge on any atom is -0.464 e.